The van der Waals surface area contributed by atoms with E-state index in [9.17, 15) is 4.79 Å². The van der Waals surface area contributed by atoms with Gasteiger partial charge in [-0.1, -0.05) is 36.4 Å². The summed E-state index contributed by atoms with van der Waals surface area (Å²) in [5.41, 5.74) is 7.47. The maximum absolute atomic E-state index is 12.5. The number of amides is 1. The van der Waals surface area contributed by atoms with E-state index in [1.54, 1.807) is 12.4 Å². The number of carbonyl (C=O) groups is 1. The van der Waals surface area contributed by atoms with Crippen molar-refractivity contribution < 1.29 is 4.79 Å². The fraction of sp³-hybridized carbons (Fsp3) is 0.111. The number of hydrogen-bond acceptors (Lipinski definition) is 3. The highest BCUT2D eigenvalue weighted by Gasteiger charge is 2.18. The molecule has 0 aliphatic heterocycles. The maximum Gasteiger partial charge on any atom is 0.233 e. The summed E-state index contributed by atoms with van der Waals surface area (Å²) in [7, 11) is 0. The first-order valence-corrected chi connectivity index (χ1v) is 7.17. The molecule has 3 N–H and O–H groups in total. The van der Waals surface area contributed by atoms with Crippen LogP contribution >= 0.6 is 0 Å². The summed E-state index contributed by atoms with van der Waals surface area (Å²) in [6, 6.07) is 17.3. The van der Waals surface area contributed by atoms with Crippen LogP contribution in [-0.2, 0) is 4.79 Å². The van der Waals surface area contributed by atoms with Crippen molar-refractivity contribution in [1.29, 1.82) is 0 Å². The van der Waals surface area contributed by atoms with Crippen LogP contribution in [0.5, 0.6) is 0 Å². The molecule has 0 spiro atoms. The van der Waals surface area contributed by atoms with Crippen LogP contribution in [0.4, 0.5) is 5.69 Å². The van der Waals surface area contributed by atoms with Crippen molar-refractivity contribution in [2.45, 2.75) is 5.92 Å². The lowest BCUT2D eigenvalue weighted by molar-refractivity contribution is -0.117. The monoisotopic (exact) mass is 291 g/mol. The Labute approximate surface area is 129 Å². The topological polar surface area (TPSA) is 68.0 Å². The number of carbonyl (C=O) groups excluding carboxylic acids is 1. The molecule has 0 aliphatic rings. The minimum atomic E-state index is -0.352. The molecule has 0 saturated carbocycles. The largest absolute Gasteiger partial charge is 0.329 e. The van der Waals surface area contributed by atoms with Crippen LogP contribution in [0, 0.1) is 0 Å². The highest BCUT2D eigenvalue weighted by Crippen LogP contribution is 2.21. The zero-order chi connectivity index (χ0) is 15.4. The minimum absolute atomic E-state index is 0.0953. The van der Waals surface area contributed by atoms with Crippen molar-refractivity contribution in [2.24, 2.45) is 5.73 Å². The first-order valence-electron chi connectivity index (χ1n) is 7.17. The standard InChI is InChI=1S/C18H17N3O/c19-11-17(13-4-2-1-3-5-13)18(22)21-16-7-6-15-12-20-9-8-14(15)10-16/h1-10,12,17H,11,19H2,(H,21,22)/t17-/m0/s1. The number of anilines is 1. The van der Waals surface area contributed by atoms with Crippen LogP contribution < -0.4 is 11.1 Å². The molecule has 0 radical (unpaired) electrons. The first kappa shape index (κ1) is 14.2. The molecule has 3 aromatic rings. The van der Waals surface area contributed by atoms with Crippen molar-refractivity contribution in [3.05, 3.63) is 72.6 Å². The summed E-state index contributed by atoms with van der Waals surface area (Å²) in [6.07, 6.45) is 3.54. The maximum atomic E-state index is 12.5. The molecule has 0 aliphatic carbocycles. The number of benzene rings is 2. The summed E-state index contributed by atoms with van der Waals surface area (Å²) in [5, 5.41) is 5.02. The summed E-state index contributed by atoms with van der Waals surface area (Å²) in [6.45, 7) is 0.271. The minimum Gasteiger partial charge on any atom is -0.329 e. The van der Waals surface area contributed by atoms with Gasteiger partial charge in [0.05, 0.1) is 5.92 Å². The molecule has 1 amide bonds. The molecule has 1 aromatic heterocycles. The fourth-order valence-corrected chi connectivity index (χ4v) is 2.47. The van der Waals surface area contributed by atoms with Gasteiger partial charge in [0.2, 0.25) is 5.91 Å². The summed E-state index contributed by atoms with van der Waals surface area (Å²) in [4.78, 5) is 16.6. The van der Waals surface area contributed by atoms with E-state index in [1.807, 2.05) is 54.6 Å². The Kier molecular flexibility index (Phi) is 4.12. The van der Waals surface area contributed by atoms with Crippen LogP contribution in [0.2, 0.25) is 0 Å². The summed E-state index contributed by atoms with van der Waals surface area (Å²) >= 11 is 0. The number of nitrogens with two attached hydrogens (primary N) is 1. The Morgan fingerprint density at radius 2 is 1.91 bits per heavy atom. The Hall–Kier alpha value is -2.72. The van der Waals surface area contributed by atoms with E-state index >= 15 is 0 Å². The SMILES string of the molecule is NC[C@H](C(=O)Nc1ccc2cnccc2c1)c1ccccc1. The second-order valence-electron chi connectivity index (χ2n) is 5.13. The van der Waals surface area contributed by atoms with Crippen LogP contribution in [0.25, 0.3) is 10.8 Å². The fourth-order valence-electron chi connectivity index (χ4n) is 2.47. The third kappa shape index (κ3) is 2.97. The molecular formula is C18H17N3O. The van der Waals surface area contributed by atoms with Gasteiger partial charge in [-0.15, -0.1) is 0 Å². The number of pyridine rings is 1. The van der Waals surface area contributed by atoms with Gasteiger partial charge >= 0.3 is 0 Å². The highest BCUT2D eigenvalue weighted by molar-refractivity contribution is 5.98. The second-order valence-corrected chi connectivity index (χ2v) is 5.13. The third-order valence-electron chi connectivity index (χ3n) is 3.66. The number of aromatic nitrogens is 1. The van der Waals surface area contributed by atoms with Gasteiger partial charge in [-0.2, -0.15) is 0 Å². The van der Waals surface area contributed by atoms with E-state index in [0.29, 0.717) is 0 Å². The lowest BCUT2D eigenvalue weighted by Gasteiger charge is -2.15. The second kappa shape index (κ2) is 6.37. The van der Waals surface area contributed by atoms with E-state index in [1.165, 1.54) is 0 Å². The van der Waals surface area contributed by atoms with Gasteiger partial charge in [0.25, 0.3) is 0 Å². The number of hydrogen-bond donors (Lipinski definition) is 2. The molecule has 2 aromatic carbocycles. The Bertz CT molecular complexity index is 786. The summed E-state index contributed by atoms with van der Waals surface area (Å²) < 4.78 is 0. The Morgan fingerprint density at radius 3 is 2.68 bits per heavy atom. The van der Waals surface area contributed by atoms with E-state index < -0.39 is 0 Å². The van der Waals surface area contributed by atoms with Crippen LogP contribution in [0.1, 0.15) is 11.5 Å². The molecule has 3 rings (SSSR count). The van der Waals surface area contributed by atoms with Crippen LogP contribution in [0.3, 0.4) is 0 Å². The van der Waals surface area contributed by atoms with Gasteiger partial charge in [-0.3, -0.25) is 9.78 Å². The van der Waals surface area contributed by atoms with Crippen LogP contribution in [-0.4, -0.2) is 17.4 Å². The zero-order valence-corrected chi connectivity index (χ0v) is 12.1. The third-order valence-corrected chi connectivity index (χ3v) is 3.66. The lowest BCUT2D eigenvalue weighted by atomic mass is 9.98. The first-order chi connectivity index (χ1) is 10.8. The van der Waals surface area contributed by atoms with E-state index in [0.717, 1.165) is 22.0 Å². The van der Waals surface area contributed by atoms with E-state index in [4.69, 9.17) is 5.73 Å². The van der Waals surface area contributed by atoms with Crippen molar-refractivity contribution in [3.8, 4) is 0 Å². The van der Waals surface area contributed by atoms with Gasteiger partial charge < -0.3 is 11.1 Å². The molecule has 1 atom stereocenters. The van der Waals surface area contributed by atoms with Gasteiger partial charge in [0.1, 0.15) is 0 Å². The normalized spacial score (nSPS) is 12.0. The summed E-state index contributed by atoms with van der Waals surface area (Å²) in [5.74, 6) is -0.448. The number of nitrogens with one attached hydrogen (secondary N) is 1. The molecule has 1 heterocycles. The van der Waals surface area contributed by atoms with Crippen molar-refractivity contribution in [2.75, 3.05) is 11.9 Å². The number of rotatable bonds is 4. The smallest absolute Gasteiger partial charge is 0.233 e. The lowest BCUT2D eigenvalue weighted by Crippen LogP contribution is -2.27. The molecular weight excluding hydrogens is 274 g/mol. The average Bonchev–Trinajstić information content (AvgIpc) is 2.56. The molecule has 4 heteroatoms. The van der Waals surface area contributed by atoms with Crippen molar-refractivity contribution in [3.63, 3.8) is 0 Å². The quantitative estimate of drug-likeness (QED) is 0.776. The average molecular weight is 291 g/mol. The molecule has 22 heavy (non-hydrogen) atoms. The number of fused-ring (bicyclic) bond motifs is 1. The zero-order valence-electron chi connectivity index (χ0n) is 12.1. The molecule has 110 valence electrons. The van der Waals surface area contributed by atoms with Crippen molar-refractivity contribution in [1.82, 2.24) is 4.98 Å². The predicted octanol–water partition coefficient (Wildman–Crippen LogP) is 2.92. The van der Waals surface area contributed by atoms with Gasteiger partial charge in [-0.05, 0) is 29.1 Å². The van der Waals surface area contributed by atoms with Gasteiger partial charge in [0, 0.05) is 30.0 Å². The van der Waals surface area contributed by atoms with Gasteiger partial charge in [-0.25, -0.2) is 0 Å². The van der Waals surface area contributed by atoms with Crippen LogP contribution in [0.15, 0.2) is 67.0 Å². The van der Waals surface area contributed by atoms with E-state index in [2.05, 4.69) is 10.3 Å². The van der Waals surface area contributed by atoms with Gasteiger partial charge in [0.15, 0.2) is 0 Å². The molecule has 0 bridgehead atoms. The Balaban J connectivity index is 1.82. The molecule has 0 saturated heterocycles. The van der Waals surface area contributed by atoms with E-state index in [-0.39, 0.29) is 18.4 Å². The Morgan fingerprint density at radius 1 is 1.09 bits per heavy atom. The predicted molar refractivity (Wildman–Crippen MR) is 88.6 cm³/mol. The molecule has 4 nitrogen and oxygen atoms in total. The number of nitrogens with zero attached hydrogens (tertiary/aromatic N) is 1. The van der Waals surface area contributed by atoms with Crippen molar-refractivity contribution >= 4 is 22.4 Å². The highest BCUT2D eigenvalue weighted by atomic mass is 16.1. The molecule has 0 unspecified atom stereocenters. The molecule has 0 fully saturated rings.